The second kappa shape index (κ2) is 13.0. The van der Waals surface area contributed by atoms with Gasteiger partial charge in [0.05, 0.1) is 26.3 Å². The summed E-state index contributed by atoms with van der Waals surface area (Å²) in [6.07, 6.45) is 1.54. The van der Waals surface area contributed by atoms with Crippen LogP contribution in [0.25, 0.3) is 6.08 Å². The number of nitrogens with zero attached hydrogens (tertiary/aromatic N) is 1. The van der Waals surface area contributed by atoms with Crippen molar-refractivity contribution in [2.75, 3.05) is 30.9 Å². The summed E-state index contributed by atoms with van der Waals surface area (Å²) in [6.45, 7) is -0.693. The van der Waals surface area contributed by atoms with E-state index < -0.39 is 23.6 Å². The molecule has 0 aromatic heterocycles. The van der Waals surface area contributed by atoms with Crippen molar-refractivity contribution in [3.05, 3.63) is 85.8 Å². The molecule has 0 aliphatic carbocycles. The molecule has 1 fully saturated rings. The Bertz CT molecular complexity index is 1470. The van der Waals surface area contributed by atoms with Crippen LogP contribution in [-0.2, 0) is 14.4 Å². The molecule has 0 radical (unpaired) electrons. The van der Waals surface area contributed by atoms with Crippen molar-refractivity contribution in [1.29, 1.82) is 0 Å². The maximum absolute atomic E-state index is 12.9. The second-order valence-corrected chi connectivity index (χ2v) is 10.6. The lowest BCUT2D eigenvalue weighted by Gasteiger charge is -2.14. The van der Waals surface area contributed by atoms with Crippen LogP contribution in [-0.4, -0.2) is 48.1 Å². The van der Waals surface area contributed by atoms with Gasteiger partial charge >= 0.3 is 0 Å². The van der Waals surface area contributed by atoms with Crippen LogP contribution in [0.5, 0.6) is 11.5 Å². The van der Waals surface area contributed by atoms with Gasteiger partial charge in [-0.25, -0.2) is 0 Å². The van der Waals surface area contributed by atoms with Gasteiger partial charge in [0.2, 0.25) is 5.91 Å². The largest absolute Gasteiger partial charge is 0.493 e. The smallest absolute Gasteiger partial charge is 0.294 e. The molecule has 2 N–H and O–H groups in total. The van der Waals surface area contributed by atoms with Gasteiger partial charge in [0, 0.05) is 5.69 Å². The fourth-order valence-electron chi connectivity index (χ4n) is 3.50. The number of thioether (sulfide) groups is 1. The molecule has 4 amide bonds. The molecule has 1 heterocycles. The first kappa shape index (κ1) is 28.5. The van der Waals surface area contributed by atoms with Crippen molar-refractivity contribution < 1.29 is 28.7 Å². The van der Waals surface area contributed by atoms with Crippen molar-refractivity contribution >= 4 is 86.4 Å². The van der Waals surface area contributed by atoms with Crippen molar-refractivity contribution in [3.8, 4) is 11.5 Å². The predicted octanol–water partition coefficient (Wildman–Crippen LogP) is 5.65. The van der Waals surface area contributed by atoms with Gasteiger partial charge in [0.15, 0.2) is 18.1 Å². The Balaban J connectivity index is 1.43. The van der Waals surface area contributed by atoms with Gasteiger partial charge in [-0.1, -0.05) is 41.9 Å². The topological polar surface area (TPSA) is 114 Å². The minimum Gasteiger partial charge on any atom is -0.493 e. The molecule has 4 rings (SSSR count). The Labute approximate surface area is 247 Å². The van der Waals surface area contributed by atoms with Crippen LogP contribution < -0.4 is 20.1 Å². The SMILES string of the molecule is COc1cc(/C=C2/SC(=O)N(CC(=O)Nc3ccccc3Cl)C2=O)cc(I)c1OCC(=O)Nc1ccccc1. The Hall–Kier alpha value is -3.55. The zero-order valence-corrected chi connectivity index (χ0v) is 24.1. The highest BCUT2D eigenvalue weighted by Gasteiger charge is 2.36. The molecule has 3 aromatic rings. The third-order valence-corrected chi connectivity index (χ3v) is 7.32. The van der Waals surface area contributed by atoms with E-state index in [1.165, 1.54) is 13.2 Å². The van der Waals surface area contributed by atoms with Crippen LogP contribution in [0.1, 0.15) is 5.56 Å². The molecule has 0 atom stereocenters. The molecule has 1 saturated heterocycles. The number of para-hydroxylation sites is 2. The van der Waals surface area contributed by atoms with Crippen LogP contribution in [0.15, 0.2) is 71.6 Å². The van der Waals surface area contributed by atoms with Gasteiger partial charge < -0.3 is 20.1 Å². The van der Waals surface area contributed by atoms with Crippen molar-refractivity contribution in [2.45, 2.75) is 0 Å². The van der Waals surface area contributed by atoms with Crippen LogP contribution in [0.3, 0.4) is 0 Å². The number of anilines is 2. The molecule has 1 aliphatic rings. The van der Waals surface area contributed by atoms with Crippen LogP contribution in [0.4, 0.5) is 16.2 Å². The third-order valence-electron chi connectivity index (χ3n) is 5.28. The number of rotatable bonds is 9. The number of carbonyl (C=O) groups is 4. The Kier molecular flexibility index (Phi) is 9.49. The number of hydrogen-bond donors (Lipinski definition) is 2. The molecule has 0 unspecified atom stereocenters. The van der Waals surface area contributed by atoms with Gasteiger partial charge in [-0.15, -0.1) is 0 Å². The molecule has 9 nitrogen and oxygen atoms in total. The van der Waals surface area contributed by atoms with Crippen LogP contribution >= 0.6 is 46.0 Å². The van der Waals surface area contributed by atoms with Crippen LogP contribution in [0, 0.1) is 3.57 Å². The average molecular weight is 678 g/mol. The molecule has 39 heavy (non-hydrogen) atoms. The number of ether oxygens (including phenoxy) is 2. The normalized spacial score (nSPS) is 13.9. The van der Waals surface area contributed by atoms with Gasteiger partial charge in [0.25, 0.3) is 17.1 Å². The number of methoxy groups -OCH3 is 1. The molecule has 0 spiro atoms. The Morgan fingerprint density at radius 3 is 2.46 bits per heavy atom. The van der Waals surface area contributed by atoms with Gasteiger partial charge in [-0.05, 0) is 82.4 Å². The average Bonchev–Trinajstić information content (AvgIpc) is 3.16. The molecular formula is C27H21ClIN3O6S. The van der Waals surface area contributed by atoms with Crippen molar-refractivity contribution in [1.82, 2.24) is 4.90 Å². The zero-order chi connectivity index (χ0) is 27.9. The van der Waals surface area contributed by atoms with E-state index >= 15 is 0 Å². The van der Waals surface area contributed by atoms with E-state index in [2.05, 4.69) is 10.6 Å². The molecule has 3 aromatic carbocycles. The minimum absolute atomic E-state index is 0.152. The van der Waals surface area contributed by atoms with E-state index in [4.69, 9.17) is 21.1 Å². The number of nitrogens with one attached hydrogen (secondary N) is 2. The van der Waals surface area contributed by atoms with Gasteiger partial charge in [-0.3, -0.25) is 24.1 Å². The Morgan fingerprint density at radius 2 is 1.74 bits per heavy atom. The summed E-state index contributed by atoms with van der Waals surface area (Å²) >= 11 is 8.82. The first-order chi connectivity index (χ1) is 18.7. The summed E-state index contributed by atoms with van der Waals surface area (Å²) in [7, 11) is 1.46. The van der Waals surface area contributed by atoms with E-state index in [0.29, 0.717) is 37.0 Å². The lowest BCUT2D eigenvalue weighted by Crippen LogP contribution is -2.36. The fraction of sp³-hybridized carbons (Fsp3) is 0.111. The summed E-state index contributed by atoms with van der Waals surface area (Å²) in [6, 6.07) is 19.0. The summed E-state index contributed by atoms with van der Waals surface area (Å²) in [5.41, 5.74) is 1.61. The molecule has 0 bridgehead atoms. The van der Waals surface area contributed by atoms with Gasteiger partial charge in [-0.2, -0.15) is 0 Å². The van der Waals surface area contributed by atoms with E-state index in [1.54, 1.807) is 48.5 Å². The molecule has 0 saturated carbocycles. The standard InChI is InChI=1S/C27H21ClIN3O6S/c1-37-21-12-16(11-19(29)25(21)38-15-24(34)30-17-7-3-2-4-8-17)13-22-26(35)32(27(36)39-22)14-23(33)31-20-10-6-5-9-18(20)28/h2-13H,14-15H2,1H3,(H,30,34)(H,31,33)/b22-13+. The quantitative estimate of drug-likeness (QED) is 0.223. The number of carbonyl (C=O) groups excluding carboxylic acids is 4. The Morgan fingerprint density at radius 1 is 1.03 bits per heavy atom. The molecule has 12 heteroatoms. The highest BCUT2D eigenvalue weighted by atomic mass is 127. The van der Waals surface area contributed by atoms with Crippen molar-refractivity contribution in [3.63, 3.8) is 0 Å². The first-order valence-electron chi connectivity index (χ1n) is 11.4. The highest BCUT2D eigenvalue weighted by molar-refractivity contribution is 14.1. The number of hydrogen-bond acceptors (Lipinski definition) is 7. The summed E-state index contributed by atoms with van der Waals surface area (Å²) in [5.74, 6) is -0.774. The molecule has 200 valence electrons. The van der Waals surface area contributed by atoms with Crippen LogP contribution in [0.2, 0.25) is 5.02 Å². The van der Waals surface area contributed by atoms with E-state index in [0.717, 1.165) is 16.7 Å². The minimum atomic E-state index is -0.591. The second-order valence-electron chi connectivity index (χ2n) is 8.03. The third kappa shape index (κ3) is 7.31. The lowest BCUT2D eigenvalue weighted by atomic mass is 10.2. The van der Waals surface area contributed by atoms with E-state index in [-0.39, 0.29) is 17.4 Å². The fourth-order valence-corrected chi connectivity index (χ4v) is 5.31. The first-order valence-corrected chi connectivity index (χ1v) is 13.7. The number of halogens is 2. The predicted molar refractivity (Wildman–Crippen MR) is 159 cm³/mol. The van der Waals surface area contributed by atoms with Gasteiger partial charge in [0.1, 0.15) is 6.54 Å². The number of imide groups is 1. The number of amides is 4. The lowest BCUT2D eigenvalue weighted by molar-refractivity contribution is -0.127. The summed E-state index contributed by atoms with van der Waals surface area (Å²) in [4.78, 5) is 51.2. The highest BCUT2D eigenvalue weighted by Crippen LogP contribution is 2.37. The molecule has 1 aliphatic heterocycles. The zero-order valence-electron chi connectivity index (χ0n) is 20.4. The van der Waals surface area contributed by atoms with Crippen molar-refractivity contribution in [2.24, 2.45) is 0 Å². The maximum atomic E-state index is 12.9. The monoisotopic (exact) mass is 677 g/mol. The summed E-state index contributed by atoms with van der Waals surface area (Å²) in [5, 5.41) is 5.12. The van der Waals surface area contributed by atoms with E-state index in [9.17, 15) is 19.2 Å². The van der Waals surface area contributed by atoms with E-state index in [1.807, 2.05) is 40.8 Å². The number of benzene rings is 3. The maximum Gasteiger partial charge on any atom is 0.294 e. The molecular weight excluding hydrogens is 657 g/mol. The summed E-state index contributed by atoms with van der Waals surface area (Å²) < 4.78 is 11.8.